The number of aliphatic hydroxyl groups is 1. The Kier molecular flexibility index (Phi) is 4.64. The molecule has 0 heterocycles. The maximum absolute atomic E-state index is 9.48. The van der Waals surface area contributed by atoms with E-state index in [-0.39, 0.29) is 0 Å². The molecule has 0 fully saturated rings. The molecule has 0 spiro atoms. The molecule has 0 saturated heterocycles. The van der Waals surface area contributed by atoms with Crippen molar-refractivity contribution in [3.63, 3.8) is 0 Å². The van der Waals surface area contributed by atoms with Gasteiger partial charge in [0.15, 0.2) is 0 Å². The highest BCUT2D eigenvalue weighted by molar-refractivity contribution is 5.57. The van der Waals surface area contributed by atoms with Gasteiger partial charge in [-0.1, -0.05) is 36.4 Å². The lowest BCUT2D eigenvalue weighted by atomic mass is 10.1. The third-order valence-electron chi connectivity index (χ3n) is 2.05. The lowest BCUT2D eigenvalue weighted by Crippen LogP contribution is -1.98. The van der Waals surface area contributed by atoms with Crippen molar-refractivity contribution in [1.82, 2.24) is 0 Å². The van der Waals surface area contributed by atoms with Crippen LogP contribution in [0.1, 0.15) is 12.0 Å². The molecule has 1 N–H and O–H groups in total. The van der Waals surface area contributed by atoms with E-state index in [0.717, 1.165) is 11.3 Å². The van der Waals surface area contributed by atoms with Gasteiger partial charge in [0, 0.05) is 5.56 Å². The molecule has 80 valence electrons. The second kappa shape index (κ2) is 6.04. The summed E-state index contributed by atoms with van der Waals surface area (Å²) in [6.07, 6.45) is 5.36. The SMILES string of the molecule is C=CC[C@@H](O)/C=C/c1ccccc1OC. The molecular formula is C13H16O2. The Hall–Kier alpha value is -1.54. The van der Waals surface area contributed by atoms with Crippen LogP contribution in [0, 0.1) is 0 Å². The van der Waals surface area contributed by atoms with E-state index in [0.29, 0.717) is 6.42 Å². The van der Waals surface area contributed by atoms with Crippen molar-refractivity contribution in [3.8, 4) is 5.75 Å². The molecule has 0 amide bonds. The van der Waals surface area contributed by atoms with Gasteiger partial charge in [-0.15, -0.1) is 6.58 Å². The standard InChI is InChI=1S/C13H16O2/c1-3-6-12(14)10-9-11-7-4-5-8-13(11)15-2/h3-5,7-10,12,14H,1,6H2,2H3/b10-9+/t12-/m1/s1. The summed E-state index contributed by atoms with van der Waals surface area (Å²) in [4.78, 5) is 0. The van der Waals surface area contributed by atoms with Crippen LogP contribution in [0.4, 0.5) is 0 Å². The molecule has 2 nitrogen and oxygen atoms in total. The molecule has 0 aliphatic carbocycles. The van der Waals surface area contributed by atoms with E-state index in [1.165, 1.54) is 0 Å². The molecule has 15 heavy (non-hydrogen) atoms. The summed E-state index contributed by atoms with van der Waals surface area (Å²) in [6, 6.07) is 7.67. The van der Waals surface area contributed by atoms with Gasteiger partial charge < -0.3 is 9.84 Å². The maximum atomic E-state index is 9.48. The molecule has 0 bridgehead atoms. The summed E-state index contributed by atoms with van der Waals surface area (Å²) in [5.74, 6) is 0.805. The number of methoxy groups -OCH3 is 1. The Labute approximate surface area is 90.5 Å². The van der Waals surface area contributed by atoms with Crippen LogP contribution in [0.2, 0.25) is 0 Å². The predicted molar refractivity (Wildman–Crippen MR) is 62.8 cm³/mol. The maximum Gasteiger partial charge on any atom is 0.126 e. The van der Waals surface area contributed by atoms with Gasteiger partial charge in [0.2, 0.25) is 0 Å². The van der Waals surface area contributed by atoms with E-state index < -0.39 is 6.10 Å². The molecule has 1 aromatic rings. The number of para-hydroxylation sites is 1. The summed E-state index contributed by atoms with van der Waals surface area (Å²) >= 11 is 0. The Balaban J connectivity index is 2.74. The Morgan fingerprint density at radius 1 is 1.47 bits per heavy atom. The lowest BCUT2D eigenvalue weighted by molar-refractivity contribution is 0.228. The van der Waals surface area contributed by atoms with Crippen LogP contribution in [0.3, 0.4) is 0 Å². The summed E-state index contributed by atoms with van der Waals surface area (Å²) in [6.45, 7) is 3.57. The summed E-state index contributed by atoms with van der Waals surface area (Å²) < 4.78 is 5.18. The zero-order valence-electron chi connectivity index (χ0n) is 8.89. The molecule has 0 radical (unpaired) electrons. The zero-order valence-corrected chi connectivity index (χ0v) is 8.89. The first-order valence-electron chi connectivity index (χ1n) is 4.88. The third-order valence-corrected chi connectivity index (χ3v) is 2.05. The van der Waals surface area contributed by atoms with E-state index in [9.17, 15) is 5.11 Å². The van der Waals surface area contributed by atoms with Crippen LogP contribution in [0.15, 0.2) is 43.0 Å². The topological polar surface area (TPSA) is 29.5 Å². The van der Waals surface area contributed by atoms with Crippen molar-refractivity contribution >= 4 is 6.08 Å². The summed E-state index contributed by atoms with van der Waals surface area (Å²) in [7, 11) is 1.63. The number of aliphatic hydroxyl groups excluding tert-OH is 1. The molecule has 0 unspecified atom stereocenters. The van der Waals surface area contributed by atoms with E-state index in [2.05, 4.69) is 6.58 Å². The number of ether oxygens (including phenoxy) is 1. The van der Waals surface area contributed by atoms with Crippen LogP contribution in [-0.4, -0.2) is 18.3 Å². The number of rotatable bonds is 5. The zero-order chi connectivity index (χ0) is 11.1. The molecular weight excluding hydrogens is 188 g/mol. The van der Waals surface area contributed by atoms with Crippen molar-refractivity contribution < 1.29 is 9.84 Å². The molecule has 1 atom stereocenters. The average molecular weight is 204 g/mol. The van der Waals surface area contributed by atoms with Gasteiger partial charge in [-0.25, -0.2) is 0 Å². The van der Waals surface area contributed by atoms with Crippen molar-refractivity contribution in [2.24, 2.45) is 0 Å². The fourth-order valence-electron chi connectivity index (χ4n) is 1.27. The van der Waals surface area contributed by atoms with Gasteiger partial charge in [0.1, 0.15) is 5.75 Å². The molecule has 0 aromatic heterocycles. The Bertz CT molecular complexity index is 342. The van der Waals surface area contributed by atoms with Crippen LogP contribution in [-0.2, 0) is 0 Å². The minimum atomic E-state index is -0.479. The highest BCUT2D eigenvalue weighted by Gasteiger charge is 1.98. The first-order chi connectivity index (χ1) is 7.27. The van der Waals surface area contributed by atoms with Gasteiger partial charge in [0.25, 0.3) is 0 Å². The Morgan fingerprint density at radius 3 is 2.87 bits per heavy atom. The van der Waals surface area contributed by atoms with E-state index in [1.807, 2.05) is 30.3 Å². The monoisotopic (exact) mass is 204 g/mol. The largest absolute Gasteiger partial charge is 0.496 e. The highest BCUT2D eigenvalue weighted by atomic mass is 16.5. The van der Waals surface area contributed by atoms with E-state index >= 15 is 0 Å². The van der Waals surface area contributed by atoms with Gasteiger partial charge in [-0.3, -0.25) is 0 Å². The first kappa shape index (κ1) is 11.5. The quantitative estimate of drug-likeness (QED) is 0.747. The van der Waals surface area contributed by atoms with Gasteiger partial charge in [-0.2, -0.15) is 0 Å². The van der Waals surface area contributed by atoms with Crippen molar-refractivity contribution in [1.29, 1.82) is 0 Å². The fraction of sp³-hybridized carbons (Fsp3) is 0.231. The second-order valence-corrected chi connectivity index (χ2v) is 3.19. The summed E-state index contributed by atoms with van der Waals surface area (Å²) in [5, 5.41) is 9.48. The third kappa shape index (κ3) is 3.60. The predicted octanol–water partition coefficient (Wildman–Crippen LogP) is 2.65. The molecule has 2 heteroatoms. The minimum absolute atomic E-state index is 0.479. The molecule has 0 aliphatic rings. The van der Waals surface area contributed by atoms with E-state index in [1.54, 1.807) is 19.3 Å². The number of benzene rings is 1. The van der Waals surface area contributed by atoms with Crippen molar-refractivity contribution in [2.45, 2.75) is 12.5 Å². The van der Waals surface area contributed by atoms with E-state index in [4.69, 9.17) is 4.74 Å². The Morgan fingerprint density at radius 2 is 2.20 bits per heavy atom. The van der Waals surface area contributed by atoms with Crippen LogP contribution >= 0.6 is 0 Å². The number of hydrogen-bond acceptors (Lipinski definition) is 2. The van der Waals surface area contributed by atoms with Gasteiger partial charge in [-0.05, 0) is 12.5 Å². The normalized spacial score (nSPS) is 12.7. The molecule has 0 saturated carbocycles. The number of hydrogen-bond donors (Lipinski definition) is 1. The highest BCUT2D eigenvalue weighted by Crippen LogP contribution is 2.18. The van der Waals surface area contributed by atoms with Gasteiger partial charge in [0.05, 0.1) is 13.2 Å². The van der Waals surface area contributed by atoms with Crippen molar-refractivity contribution in [3.05, 3.63) is 48.6 Å². The lowest BCUT2D eigenvalue weighted by Gasteiger charge is -2.04. The molecule has 1 aromatic carbocycles. The molecule has 0 aliphatic heterocycles. The molecule has 1 rings (SSSR count). The summed E-state index contributed by atoms with van der Waals surface area (Å²) in [5.41, 5.74) is 0.961. The smallest absolute Gasteiger partial charge is 0.126 e. The van der Waals surface area contributed by atoms with Crippen LogP contribution in [0.25, 0.3) is 6.08 Å². The van der Waals surface area contributed by atoms with Crippen LogP contribution < -0.4 is 4.74 Å². The van der Waals surface area contributed by atoms with Crippen molar-refractivity contribution in [2.75, 3.05) is 7.11 Å². The fourth-order valence-corrected chi connectivity index (χ4v) is 1.27. The first-order valence-corrected chi connectivity index (χ1v) is 4.88. The average Bonchev–Trinajstić information content (AvgIpc) is 2.27. The second-order valence-electron chi connectivity index (χ2n) is 3.19. The van der Waals surface area contributed by atoms with Crippen LogP contribution in [0.5, 0.6) is 5.75 Å². The van der Waals surface area contributed by atoms with Gasteiger partial charge >= 0.3 is 0 Å². The minimum Gasteiger partial charge on any atom is -0.496 e.